The highest BCUT2D eigenvalue weighted by Gasteiger charge is 2.12. The summed E-state index contributed by atoms with van der Waals surface area (Å²) in [4.78, 5) is 1.36. The molecular weight excluding hydrogens is 226 g/mol. The Kier molecular flexibility index (Phi) is 5.54. The number of nitrogens with two attached hydrogens (primary N) is 1. The van der Waals surface area contributed by atoms with Gasteiger partial charge in [0.05, 0.1) is 0 Å². The second kappa shape index (κ2) is 6.46. The number of thioether (sulfide) groups is 1. The minimum Gasteiger partial charge on any atom is -0.328 e. The average molecular weight is 251 g/mol. The van der Waals surface area contributed by atoms with Crippen molar-refractivity contribution in [2.75, 3.05) is 5.75 Å². The van der Waals surface area contributed by atoms with E-state index in [1.807, 2.05) is 11.8 Å². The Balaban J connectivity index is 2.41. The number of benzene rings is 1. The molecule has 96 valence electrons. The highest BCUT2D eigenvalue weighted by Crippen LogP contribution is 2.26. The molecule has 1 atom stereocenters. The molecule has 2 N–H and O–H groups in total. The monoisotopic (exact) mass is 251 g/mol. The molecule has 0 fully saturated rings. The topological polar surface area (TPSA) is 26.0 Å². The Morgan fingerprint density at radius 2 is 1.76 bits per heavy atom. The molecule has 17 heavy (non-hydrogen) atoms. The molecule has 0 aromatic heterocycles. The average Bonchev–Trinajstić information content (AvgIpc) is 2.23. The zero-order chi connectivity index (χ0) is 12.9. The maximum Gasteiger partial charge on any atom is 0.00721 e. The third-order valence-electron chi connectivity index (χ3n) is 2.79. The van der Waals surface area contributed by atoms with E-state index in [4.69, 9.17) is 5.73 Å². The zero-order valence-corrected chi connectivity index (χ0v) is 12.3. The van der Waals surface area contributed by atoms with Gasteiger partial charge in [0.15, 0.2) is 0 Å². The van der Waals surface area contributed by atoms with Crippen molar-refractivity contribution in [3.63, 3.8) is 0 Å². The van der Waals surface area contributed by atoms with Gasteiger partial charge >= 0.3 is 0 Å². The molecule has 1 aromatic carbocycles. The highest BCUT2D eigenvalue weighted by molar-refractivity contribution is 7.99. The summed E-state index contributed by atoms with van der Waals surface area (Å²) in [6.07, 6.45) is 2.32. The fourth-order valence-corrected chi connectivity index (χ4v) is 2.52. The van der Waals surface area contributed by atoms with Crippen LogP contribution in [0.3, 0.4) is 0 Å². The quantitative estimate of drug-likeness (QED) is 0.627. The van der Waals surface area contributed by atoms with E-state index in [-0.39, 0.29) is 5.41 Å². The normalized spacial score (nSPS) is 13.7. The first kappa shape index (κ1) is 14.6. The molecule has 1 aromatic rings. The second-order valence-electron chi connectivity index (χ2n) is 5.74. The molecule has 0 spiro atoms. The van der Waals surface area contributed by atoms with Gasteiger partial charge in [0.2, 0.25) is 0 Å². The summed E-state index contributed by atoms with van der Waals surface area (Å²) >= 11 is 1.93. The summed E-state index contributed by atoms with van der Waals surface area (Å²) < 4.78 is 0. The molecule has 0 aliphatic rings. The van der Waals surface area contributed by atoms with Gasteiger partial charge in [-0.3, -0.25) is 0 Å². The lowest BCUT2D eigenvalue weighted by Crippen LogP contribution is -2.14. The van der Waals surface area contributed by atoms with E-state index >= 15 is 0 Å². The van der Waals surface area contributed by atoms with Gasteiger partial charge in [-0.25, -0.2) is 0 Å². The maximum atomic E-state index is 5.73. The van der Waals surface area contributed by atoms with Crippen molar-refractivity contribution < 1.29 is 0 Å². The van der Waals surface area contributed by atoms with Gasteiger partial charge in [-0.2, -0.15) is 0 Å². The van der Waals surface area contributed by atoms with Crippen LogP contribution in [0.2, 0.25) is 0 Å². The van der Waals surface area contributed by atoms with Crippen LogP contribution in [0.1, 0.15) is 46.1 Å². The van der Waals surface area contributed by atoms with E-state index < -0.39 is 0 Å². The van der Waals surface area contributed by atoms with Crippen molar-refractivity contribution in [1.29, 1.82) is 0 Å². The largest absolute Gasteiger partial charge is 0.328 e. The van der Waals surface area contributed by atoms with Crippen LogP contribution in [0.4, 0.5) is 0 Å². The highest BCUT2D eigenvalue weighted by atomic mass is 32.2. The van der Waals surface area contributed by atoms with Crippen LogP contribution in [0.25, 0.3) is 0 Å². The van der Waals surface area contributed by atoms with Crippen LogP contribution in [0, 0.1) is 0 Å². The molecule has 0 saturated carbocycles. The van der Waals surface area contributed by atoms with Crippen LogP contribution in [0.15, 0.2) is 29.2 Å². The first-order chi connectivity index (χ1) is 7.89. The van der Waals surface area contributed by atoms with Gasteiger partial charge in [-0.15, -0.1) is 11.8 Å². The lowest BCUT2D eigenvalue weighted by Gasteiger charge is -2.19. The molecule has 0 aliphatic carbocycles. The molecule has 1 rings (SSSR count). The first-order valence-corrected chi connectivity index (χ1v) is 7.37. The molecule has 2 heteroatoms. The Hall–Kier alpha value is -0.470. The maximum absolute atomic E-state index is 5.73. The third kappa shape index (κ3) is 5.60. The van der Waals surface area contributed by atoms with E-state index in [1.165, 1.54) is 16.9 Å². The molecule has 0 radical (unpaired) electrons. The molecule has 0 aliphatic heterocycles. The fourth-order valence-electron chi connectivity index (χ4n) is 1.65. The minimum atomic E-state index is 0.248. The van der Waals surface area contributed by atoms with Crippen molar-refractivity contribution in [2.45, 2.75) is 56.9 Å². The van der Waals surface area contributed by atoms with E-state index in [1.54, 1.807) is 0 Å². The number of rotatable bonds is 5. The summed E-state index contributed by atoms with van der Waals surface area (Å²) in [5, 5.41) is 0. The van der Waals surface area contributed by atoms with Crippen LogP contribution >= 0.6 is 11.8 Å². The molecule has 0 bridgehead atoms. The van der Waals surface area contributed by atoms with Crippen molar-refractivity contribution in [1.82, 2.24) is 0 Å². The molecule has 0 amide bonds. The van der Waals surface area contributed by atoms with Crippen molar-refractivity contribution in [3.05, 3.63) is 29.8 Å². The van der Waals surface area contributed by atoms with Crippen molar-refractivity contribution >= 4 is 11.8 Å². The molecule has 1 nitrogen and oxygen atoms in total. The van der Waals surface area contributed by atoms with Gasteiger partial charge in [-0.05, 0) is 48.6 Å². The van der Waals surface area contributed by atoms with Gasteiger partial charge in [0, 0.05) is 10.9 Å². The smallest absolute Gasteiger partial charge is 0.00721 e. The number of hydrogen-bond acceptors (Lipinski definition) is 2. The summed E-state index contributed by atoms with van der Waals surface area (Å²) in [5.41, 5.74) is 7.38. The molecule has 0 saturated heterocycles. The van der Waals surface area contributed by atoms with Crippen LogP contribution in [0.5, 0.6) is 0 Å². The lowest BCUT2D eigenvalue weighted by molar-refractivity contribution is 0.589. The van der Waals surface area contributed by atoms with E-state index in [2.05, 4.69) is 52.0 Å². The minimum absolute atomic E-state index is 0.248. The van der Waals surface area contributed by atoms with Crippen LogP contribution < -0.4 is 5.73 Å². The van der Waals surface area contributed by atoms with Gasteiger partial charge in [0.25, 0.3) is 0 Å². The van der Waals surface area contributed by atoms with E-state index in [0.29, 0.717) is 6.04 Å². The Morgan fingerprint density at radius 3 is 2.24 bits per heavy atom. The Morgan fingerprint density at radius 1 is 1.18 bits per heavy atom. The summed E-state index contributed by atoms with van der Waals surface area (Å²) in [6, 6.07) is 9.29. The van der Waals surface area contributed by atoms with Gasteiger partial charge in [0.1, 0.15) is 0 Å². The Bertz CT molecular complexity index is 322. The first-order valence-electron chi connectivity index (χ1n) is 6.38. The van der Waals surface area contributed by atoms with Crippen molar-refractivity contribution in [2.24, 2.45) is 5.73 Å². The standard InChI is InChI=1S/C15H25NS/c1-12(16)6-5-11-17-14-9-7-13(8-10-14)15(2,3)4/h7-10,12H,5-6,11,16H2,1-4H3. The van der Waals surface area contributed by atoms with Gasteiger partial charge < -0.3 is 5.73 Å². The van der Waals surface area contributed by atoms with Crippen LogP contribution in [-0.4, -0.2) is 11.8 Å². The second-order valence-corrected chi connectivity index (χ2v) is 6.91. The summed E-state index contributed by atoms with van der Waals surface area (Å²) in [7, 11) is 0. The summed E-state index contributed by atoms with van der Waals surface area (Å²) in [5.74, 6) is 1.16. The summed E-state index contributed by atoms with van der Waals surface area (Å²) in [6.45, 7) is 8.82. The molecule has 0 heterocycles. The molecule has 1 unspecified atom stereocenters. The zero-order valence-electron chi connectivity index (χ0n) is 11.5. The van der Waals surface area contributed by atoms with Crippen molar-refractivity contribution in [3.8, 4) is 0 Å². The lowest BCUT2D eigenvalue weighted by atomic mass is 9.87. The SMILES string of the molecule is CC(N)CCCSc1ccc(C(C)(C)C)cc1. The number of hydrogen-bond donors (Lipinski definition) is 1. The van der Waals surface area contributed by atoms with E-state index in [9.17, 15) is 0 Å². The van der Waals surface area contributed by atoms with Gasteiger partial charge in [-0.1, -0.05) is 32.9 Å². The fraction of sp³-hybridized carbons (Fsp3) is 0.600. The van der Waals surface area contributed by atoms with E-state index in [0.717, 1.165) is 12.2 Å². The third-order valence-corrected chi connectivity index (χ3v) is 3.89. The predicted molar refractivity (Wildman–Crippen MR) is 78.7 cm³/mol. The molecular formula is C15H25NS. The Labute approximate surface area is 110 Å². The predicted octanol–water partition coefficient (Wildman–Crippen LogP) is 4.20. The van der Waals surface area contributed by atoms with Crippen LogP contribution in [-0.2, 0) is 5.41 Å².